The summed E-state index contributed by atoms with van der Waals surface area (Å²) in [6, 6.07) is 6.25. The van der Waals surface area contributed by atoms with Gasteiger partial charge >= 0.3 is 6.18 Å². The summed E-state index contributed by atoms with van der Waals surface area (Å²) in [6.45, 7) is 0.0144. The third-order valence-electron chi connectivity index (χ3n) is 4.89. The van der Waals surface area contributed by atoms with Crippen molar-refractivity contribution in [2.75, 3.05) is 6.54 Å². The van der Waals surface area contributed by atoms with Crippen LogP contribution in [0.5, 0.6) is 0 Å². The lowest BCUT2D eigenvalue weighted by Gasteiger charge is -2.23. The number of aromatic nitrogens is 1. The predicted molar refractivity (Wildman–Crippen MR) is 124 cm³/mol. The SMILES string of the molecule is N[C@H](NC(=O)[C@@H]1C=CCN1S(=O)(=O)c1ccc(Cl)s1)c1nc(-c2ccc(C(F)(F)F)cc2)cs1. The molecular formula is C20H16ClF3N4O3S3. The van der Waals surface area contributed by atoms with E-state index in [1.165, 1.54) is 30.3 Å². The molecule has 7 nitrogen and oxygen atoms in total. The van der Waals surface area contributed by atoms with Crippen molar-refractivity contribution in [3.05, 3.63) is 68.8 Å². The highest BCUT2D eigenvalue weighted by Crippen LogP contribution is 2.32. The maximum Gasteiger partial charge on any atom is 0.416 e. The topological polar surface area (TPSA) is 105 Å². The van der Waals surface area contributed by atoms with Crippen molar-refractivity contribution in [2.45, 2.75) is 22.6 Å². The lowest BCUT2D eigenvalue weighted by Crippen LogP contribution is -2.48. The van der Waals surface area contributed by atoms with E-state index in [2.05, 4.69) is 10.3 Å². The molecule has 180 valence electrons. The number of thiophene rings is 1. The molecule has 1 amide bonds. The number of carbonyl (C=O) groups is 1. The van der Waals surface area contributed by atoms with Crippen molar-refractivity contribution < 1.29 is 26.4 Å². The van der Waals surface area contributed by atoms with Gasteiger partial charge in [-0.3, -0.25) is 4.79 Å². The van der Waals surface area contributed by atoms with Crippen LogP contribution in [0.2, 0.25) is 4.34 Å². The molecule has 0 fully saturated rings. The minimum Gasteiger partial charge on any atom is -0.333 e. The molecule has 0 bridgehead atoms. The maximum atomic E-state index is 12.9. The van der Waals surface area contributed by atoms with Gasteiger partial charge in [0, 0.05) is 17.5 Å². The van der Waals surface area contributed by atoms with Gasteiger partial charge in [-0.2, -0.15) is 17.5 Å². The van der Waals surface area contributed by atoms with E-state index in [-0.39, 0.29) is 10.8 Å². The Morgan fingerprint density at radius 1 is 1.24 bits per heavy atom. The highest BCUT2D eigenvalue weighted by molar-refractivity contribution is 7.91. The average Bonchev–Trinajstić information content (AvgIpc) is 3.53. The molecule has 0 unspecified atom stereocenters. The summed E-state index contributed by atoms with van der Waals surface area (Å²) >= 11 is 7.86. The molecule has 3 aromatic rings. The summed E-state index contributed by atoms with van der Waals surface area (Å²) < 4.78 is 65.5. The Kier molecular flexibility index (Phi) is 6.86. The normalized spacial score (nSPS) is 17.7. The molecule has 34 heavy (non-hydrogen) atoms. The number of hydrogen-bond acceptors (Lipinski definition) is 7. The van der Waals surface area contributed by atoms with Gasteiger partial charge in [0.2, 0.25) is 5.91 Å². The first-order valence-corrected chi connectivity index (χ1v) is 13.1. The van der Waals surface area contributed by atoms with Gasteiger partial charge in [-0.15, -0.1) is 22.7 Å². The molecule has 0 spiro atoms. The van der Waals surface area contributed by atoms with E-state index in [1.54, 1.807) is 11.5 Å². The Morgan fingerprint density at radius 2 is 1.94 bits per heavy atom. The minimum absolute atomic E-state index is 0.0144. The summed E-state index contributed by atoms with van der Waals surface area (Å²) in [5.74, 6) is -0.640. The highest BCUT2D eigenvalue weighted by atomic mass is 35.5. The van der Waals surface area contributed by atoms with Crippen molar-refractivity contribution in [1.82, 2.24) is 14.6 Å². The van der Waals surface area contributed by atoms with Crippen LogP contribution in [0.1, 0.15) is 16.7 Å². The van der Waals surface area contributed by atoms with Crippen LogP contribution in [0.15, 0.2) is 58.1 Å². The fraction of sp³-hybridized carbons (Fsp3) is 0.200. The number of amides is 1. The van der Waals surface area contributed by atoms with Crippen LogP contribution in [0.25, 0.3) is 11.3 Å². The molecule has 0 radical (unpaired) electrons. The van der Waals surface area contributed by atoms with Crippen LogP contribution in [0.3, 0.4) is 0 Å². The molecule has 4 rings (SSSR count). The number of nitrogens with one attached hydrogen (secondary N) is 1. The van der Waals surface area contributed by atoms with Crippen molar-refractivity contribution in [3.8, 4) is 11.3 Å². The Balaban J connectivity index is 1.46. The summed E-state index contributed by atoms with van der Waals surface area (Å²) in [6.07, 6.45) is -2.46. The maximum absolute atomic E-state index is 12.9. The van der Waals surface area contributed by atoms with Crippen LogP contribution in [0.4, 0.5) is 13.2 Å². The van der Waals surface area contributed by atoms with Gasteiger partial charge in [0.1, 0.15) is 21.4 Å². The van der Waals surface area contributed by atoms with E-state index in [0.717, 1.165) is 39.1 Å². The molecule has 0 aliphatic carbocycles. The van der Waals surface area contributed by atoms with Gasteiger partial charge in [0.15, 0.2) is 0 Å². The summed E-state index contributed by atoms with van der Waals surface area (Å²) in [5, 5.41) is 4.47. The number of nitrogens with zero attached hydrogens (tertiary/aromatic N) is 2. The smallest absolute Gasteiger partial charge is 0.333 e. The molecule has 2 atom stereocenters. The molecule has 0 saturated carbocycles. The fourth-order valence-corrected chi connectivity index (χ4v) is 7.10. The third-order valence-corrected chi connectivity index (χ3v) is 9.36. The number of rotatable bonds is 6. The fourth-order valence-electron chi connectivity index (χ4n) is 3.21. The van der Waals surface area contributed by atoms with E-state index >= 15 is 0 Å². The number of thiazole rings is 1. The lowest BCUT2D eigenvalue weighted by molar-refractivity contribution is -0.137. The standard InChI is InChI=1S/C20H16ClF3N4O3S3/c21-15-7-8-16(33-15)34(30,31)28-9-1-2-14(28)18(29)27-17(25)19-26-13(10-32-19)11-3-5-12(6-4-11)20(22,23)24/h1-8,10,14,17H,9,25H2,(H,27,29)/t14-,17+/m0/s1. The zero-order chi connectivity index (χ0) is 24.7. The average molecular weight is 549 g/mol. The predicted octanol–water partition coefficient (Wildman–Crippen LogP) is 4.25. The van der Waals surface area contributed by atoms with Crippen LogP contribution < -0.4 is 11.1 Å². The van der Waals surface area contributed by atoms with Crippen LogP contribution in [-0.4, -0.2) is 36.2 Å². The largest absolute Gasteiger partial charge is 0.416 e. The molecule has 0 saturated heterocycles. The van der Waals surface area contributed by atoms with Gasteiger partial charge in [0.25, 0.3) is 10.0 Å². The molecule has 14 heteroatoms. The van der Waals surface area contributed by atoms with Gasteiger partial charge in [-0.05, 0) is 24.3 Å². The molecule has 3 N–H and O–H groups in total. The molecular weight excluding hydrogens is 533 g/mol. The van der Waals surface area contributed by atoms with E-state index in [9.17, 15) is 26.4 Å². The minimum atomic E-state index is -4.44. The number of hydrogen-bond donors (Lipinski definition) is 2. The van der Waals surface area contributed by atoms with Crippen LogP contribution >= 0.6 is 34.3 Å². The summed E-state index contributed by atoms with van der Waals surface area (Å²) in [5.41, 5.74) is 6.15. The van der Waals surface area contributed by atoms with Crippen molar-refractivity contribution >= 4 is 50.2 Å². The monoisotopic (exact) mass is 548 g/mol. The van der Waals surface area contributed by atoms with E-state index in [4.69, 9.17) is 17.3 Å². The van der Waals surface area contributed by atoms with Crippen LogP contribution in [0, 0.1) is 0 Å². The molecule has 1 aromatic carbocycles. The lowest BCUT2D eigenvalue weighted by atomic mass is 10.1. The van der Waals surface area contributed by atoms with E-state index < -0.39 is 39.9 Å². The highest BCUT2D eigenvalue weighted by Gasteiger charge is 2.38. The number of sulfonamides is 1. The second-order valence-electron chi connectivity index (χ2n) is 7.14. The second kappa shape index (κ2) is 9.40. The number of halogens is 4. The van der Waals surface area contributed by atoms with Gasteiger partial charge in [-0.25, -0.2) is 13.4 Å². The zero-order valence-electron chi connectivity index (χ0n) is 17.0. The van der Waals surface area contributed by atoms with E-state index in [1.807, 2.05) is 0 Å². The molecule has 3 heterocycles. The van der Waals surface area contributed by atoms with Crippen molar-refractivity contribution in [1.29, 1.82) is 0 Å². The van der Waals surface area contributed by atoms with Crippen LogP contribution in [-0.2, 0) is 21.0 Å². The first-order valence-electron chi connectivity index (χ1n) is 9.59. The Hall–Kier alpha value is -2.29. The zero-order valence-corrected chi connectivity index (χ0v) is 20.2. The Morgan fingerprint density at radius 3 is 2.56 bits per heavy atom. The summed E-state index contributed by atoms with van der Waals surface area (Å²) in [7, 11) is -3.95. The summed E-state index contributed by atoms with van der Waals surface area (Å²) in [4.78, 5) is 17.1. The second-order valence-corrected chi connectivity index (χ2v) is 11.9. The van der Waals surface area contributed by atoms with E-state index in [0.29, 0.717) is 20.6 Å². The first-order chi connectivity index (χ1) is 16.0. The number of nitrogens with two attached hydrogens (primary N) is 1. The first kappa shape index (κ1) is 24.8. The number of carbonyl (C=O) groups excluding carboxylic acids is 1. The number of alkyl halides is 3. The van der Waals surface area contributed by atoms with Gasteiger partial charge in [-0.1, -0.05) is 35.9 Å². The quantitative estimate of drug-likeness (QED) is 0.354. The molecule has 2 aromatic heterocycles. The Labute approximate surface area is 205 Å². The number of benzene rings is 1. The van der Waals surface area contributed by atoms with Crippen molar-refractivity contribution in [2.24, 2.45) is 5.73 Å². The van der Waals surface area contributed by atoms with Gasteiger partial charge in [0.05, 0.1) is 15.6 Å². The molecule has 1 aliphatic rings. The Bertz CT molecular complexity index is 1340. The van der Waals surface area contributed by atoms with Crippen molar-refractivity contribution in [3.63, 3.8) is 0 Å². The van der Waals surface area contributed by atoms with Gasteiger partial charge < -0.3 is 11.1 Å². The molecule has 1 aliphatic heterocycles. The third kappa shape index (κ3) is 5.04.